The van der Waals surface area contributed by atoms with Crippen molar-refractivity contribution in [2.24, 2.45) is 0 Å². The largest absolute Gasteiger partial charge is 0.481 e. The molecule has 0 unspecified atom stereocenters. The van der Waals surface area contributed by atoms with Gasteiger partial charge in [-0.2, -0.15) is 0 Å². The zero-order chi connectivity index (χ0) is 13.1. The third-order valence-electron chi connectivity index (χ3n) is 2.11. The van der Waals surface area contributed by atoms with Crippen LogP contribution in [-0.2, 0) is 4.79 Å². The number of hydrogen-bond donors (Lipinski definition) is 2. The molecule has 0 aliphatic carbocycles. The zero-order valence-corrected chi connectivity index (χ0v) is 10.3. The molecular formula is C11H10FN3O2S. The predicted molar refractivity (Wildman–Crippen MR) is 64.9 cm³/mol. The van der Waals surface area contributed by atoms with E-state index in [2.05, 4.69) is 15.2 Å². The molecule has 0 saturated heterocycles. The number of carbonyl (C=O) groups is 1. The van der Waals surface area contributed by atoms with Gasteiger partial charge in [0, 0.05) is 5.56 Å². The smallest absolute Gasteiger partial charge is 0.313 e. The summed E-state index contributed by atoms with van der Waals surface area (Å²) < 4.78 is 13.2. The number of benzene rings is 1. The lowest BCUT2D eigenvalue weighted by Gasteiger charge is -1.98. The van der Waals surface area contributed by atoms with Gasteiger partial charge in [0.15, 0.2) is 5.82 Å². The molecule has 1 aromatic heterocycles. The molecule has 0 spiro atoms. The van der Waals surface area contributed by atoms with Crippen LogP contribution in [0.3, 0.4) is 0 Å². The number of aromatic nitrogens is 3. The Labute approximate surface area is 106 Å². The minimum atomic E-state index is -0.937. The summed E-state index contributed by atoms with van der Waals surface area (Å²) in [6, 6.07) is 4.54. The van der Waals surface area contributed by atoms with Crippen molar-refractivity contribution in [2.45, 2.75) is 12.1 Å². The standard InChI is InChI=1S/C11H10FN3O2S/c1-6-2-7(4-8(12)3-6)10-13-11(15-14-10)18-5-9(16)17/h2-4H,5H2,1H3,(H,16,17)(H,13,14,15). The van der Waals surface area contributed by atoms with Crippen LogP contribution in [-0.4, -0.2) is 32.0 Å². The van der Waals surface area contributed by atoms with Gasteiger partial charge in [-0.15, -0.1) is 5.10 Å². The number of thioether (sulfide) groups is 1. The molecule has 0 bridgehead atoms. The highest BCUT2D eigenvalue weighted by Crippen LogP contribution is 2.21. The quantitative estimate of drug-likeness (QED) is 0.829. The van der Waals surface area contributed by atoms with Gasteiger partial charge in [0.05, 0.1) is 5.75 Å². The second-order valence-corrected chi connectivity index (χ2v) is 4.61. The maximum absolute atomic E-state index is 13.2. The molecule has 18 heavy (non-hydrogen) atoms. The van der Waals surface area contributed by atoms with Crippen molar-refractivity contribution >= 4 is 17.7 Å². The summed E-state index contributed by atoms with van der Waals surface area (Å²) >= 11 is 1.01. The molecule has 0 radical (unpaired) electrons. The molecular weight excluding hydrogens is 257 g/mol. The van der Waals surface area contributed by atoms with Gasteiger partial charge in [-0.3, -0.25) is 9.89 Å². The van der Waals surface area contributed by atoms with Crippen LogP contribution in [0.25, 0.3) is 11.4 Å². The van der Waals surface area contributed by atoms with Gasteiger partial charge in [-0.25, -0.2) is 9.37 Å². The van der Waals surface area contributed by atoms with Crippen molar-refractivity contribution in [3.63, 3.8) is 0 Å². The van der Waals surface area contributed by atoms with Crippen LogP contribution in [0.15, 0.2) is 23.4 Å². The Kier molecular flexibility index (Phi) is 3.61. The zero-order valence-electron chi connectivity index (χ0n) is 9.48. The number of aryl methyl sites for hydroxylation is 1. The molecule has 1 heterocycles. The molecule has 5 nitrogen and oxygen atoms in total. The van der Waals surface area contributed by atoms with Crippen molar-refractivity contribution in [3.8, 4) is 11.4 Å². The van der Waals surface area contributed by atoms with Gasteiger partial charge in [0.1, 0.15) is 5.82 Å². The van der Waals surface area contributed by atoms with Gasteiger partial charge in [0.25, 0.3) is 0 Å². The third kappa shape index (κ3) is 3.07. The van der Waals surface area contributed by atoms with Gasteiger partial charge < -0.3 is 5.11 Å². The van der Waals surface area contributed by atoms with E-state index in [1.165, 1.54) is 12.1 Å². The minimum Gasteiger partial charge on any atom is -0.481 e. The van der Waals surface area contributed by atoms with E-state index in [4.69, 9.17) is 5.11 Å². The van der Waals surface area contributed by atoms with Crippen molar-refractivity contribution < 1.29 is 14.3 Å². The number of aromatic amines is 1. The molecule has 94 valence electrons. The first-order chi connectivity index (χ1) is 8.54. The van der Waals surface area contributed by atoms with Crippen molar-refractivity contribution in [1.29, 1.82) is 0 Å². The number of carboxylic acid groups (broad SMARTS) is 1. The lowest BCUT2D eigenvalue weighted by atomic mass is 10.1. The molecule has 0 aliphatic heterocycles. The number of hydrogen-bond acceptors (Lipinski definition) is 4. The Hall–Kier alpha value is -1.89. The second kappa shape index (κ2) is 5.18. The third-order valence-corrected chi connectivity index (χ3v) is 2.94. The van der Waals surface area contributed by atoms with E-state index in [9.17, 15) is 9.18 Å². The first-order valence-electron chi connectivity index (χ1n) is 5.09. The van der Waals surface area contributed by atoms with E-state index in [-0.39, 0.29) is 11.6 Å². The van der Waals surface area contributed by atoms with Crippen LogP contribution < -0.4 is 0 Å². The number of carboxylic acids is 1. The van der Waals surface area contributed by atoms with Gasteiger partial charge in [-0.1, -0.05) is 11.8 Å². The fourth-order valence-electron chi connectivity index (χ4n) is 1.44. The van der Waals surface area contributed by atoms with E-state index >= 15 is 0 Å². The Morgan fingerprint density at radius 1 is 1.50 bits per heavy atom. The van der Waals surface area contributed by atoms with E-state index < -0.39 is 5.97 Å². The van der Waals surface area contributed by atoms with Gasteiger partial charge >= 0.3 is 5.97 Å². The molecule has 0 fully saturated rings. The van der Waals surface area contributed by atoms with Crippen LogP contribution in [0.5, 0.6) is 0 Å². The van der Waals surface area contributed by atoms with Crippen molar-refractivity contribution in [3.05, 3.63) is 29.6 Å². The normalized spacial score (nSPS) is 10.6. The number of aliphatic carboxylic acids is 1. The minimum absolute atomic E-state index is 0.112. The summed E-state index contributed by atoms with van der Waals surface area (Å²) in [4.78, 5) is 14.5. The first kappa shape index (κ1) is 12.6. The van der Waals surface area contributed by atoms with Crippen LogP contribution >= 0.6 is 11.8 Å². The summed E-state index contributed by atoms with van der Waals surface area (Å²) in [5, 5.41) is 15.4. The molecule has 7 heteroatoms. The average molecular weight is 267 g/mol. The number of halogens is 1. The second-order valence-electron chi connectivity index (χ2n) is 3.67. The van der Waals surface area contributed by atoms with Crippen LogP contribution in [0, 0.1) is 12.7 Å². The number of nitrogens with one attached hydrogen (secondary N) is 1. The molecule has 0 amide bonds. The number of nitrogens with zero attached hydrogens (tertiary/aromatic N) is 2. The monoisotopic (exact) mass is 267 g/mol. The highest BCUT2D eigenvalue weighted by Gasteiger charge is 2.09. The molecule has 2 aromatic rings. The molecule has 0 saturated carbocycles. The summed E-state index contributed by atoms with van der Waals surface area (Å²) in [7, 11) is 0. The average Bonchev–Trinajstić information content (AvgIpc) is 2.73. The van der Waals surface area contributed by atoms with Gasteiger partial charge in [-0.05, 0) is 30.7 Å². The highest BCUT2D eigenvalue weighted by atomic mass is 32.2. The number of H-pyrrole nitrogens is 1. The first-order valence-corrected chi connectivity index (χ1v) is 6.08. The van der Waals surface area contributed by atoms with Crippen LogP contribution in [0.2, 0.25) is 0 Å². The Morgan fingerprint density at radius 2 is 2.28 bits per heavy atom. The van der Waals surface area contributed by atoms with Crippen LogP contribution in [0.4, 0.5) is 4.39 Å². The Bertz CT molecular complexity index is 565. The Balaban J connectivity index is 2.21. The topological polar surface area (TPSA) is 78.9 Å². The van der Waals surface area contributed by atoms with E-state index in [1.54, 1.807) is 13.0 Å². The maximum atomic E-state index is 13.2. The lowest BCUT2D eigenvalue weighted by Crippen LogP contribution is -1.97. The lowest BCUT2D eigenvalue weighted by molar-refractivity contribution is -0.133. The molecule has 1 aromatic carbocycles. The van der Waals surface area contributed by atoms with Crippen LogP contribution in [0.1, 0.15) is 5.56 Å². The predicted octanol–water partition coefficient (Wildman–Crippen LogP) is 2.10. The summed E-state index contributed by atoms with van der Waals surface area (Å²) in [6.07, 6.45) is 0. The summed E-state index contributed by atoms with van der Waals surface area (Å²) in [5.74, 6) is -0.973. The fourth-order valence-corrected chi connectivity index (χ4v) is 1.96. The van der Waals surface area contributed by atoms with E-state index in [1.807, 2.05) is 0 Å². The Morgan fingerprint density at radius 3 is 2.94 bits per heavy atom. The maximum Gasteiger partial charge on any atom is 0.313 e. The number of rotatable bonds is 4. The SMILES string of the molecule is Cc1cc(F)cc(-c2nc(SCC(=O)O)n[nH]2)c1. The summed E-state index contributed by atoms with van der Waals surface area (Å²) in [6.45, 7) is 1.78. The molecule has 0 atom stereocenters. The molecule has 2 N–H and O–H groups in total. The van der Waals surface area contributed by atoms with Gasteiger partial charge in [0.2, 0.25) is 5.16 Å². The molecule has 2 rings (SSSR count). The molecule has 0 aliphatic rings. The van der Waals surface area contributed by atoms with E-state index in [0.29, 0.717) is 16.5 Å². The van der Waals surface area contributed by atoms with E-state index in [0.717, 1.165) is 17.3 Å². The summed E-state index contributed by atoms with van der Waals surface area (Å²) in [5.41, 5.74) is 1.36. The highest BCUT2D eigenvalue weighted by molar-refractivity contribution is 7.99. The van der Waals surface area contributed by atoms with Crippen molar-refractivity contribution in [1.82, 2.24) is 15.2 Å². The van der Waals surface area contributed by atoms with Crippen molar-refractivity contribution in [2.75, 3.05) is 5.75 Å². The fraction of sp³-hybridized carbons (Fsp3) is 0.182.